The molecule has 0 spiro atoms. The summed E-state index contributed by atoms with van der Waals surface area (Å²) in [5, 5.41) is 17.7. The molecule has 3 aromatic carbocycles. The summed E-state index contributed by atoms with van der Waals surface area (Å²) in [6.45, 7) is 0. The summed E-state index contributed by atoms with van der Waals surface area (Å²) in [5.41, 5.74) is 5.62. The number of nitriles is 2. The maximum atomic E-state index is 11.3. The van der Waals surface area contributed by atoms with Crippen LogP contribution in [0.15, 0.2) is 66.7 Å². The normalized spacial score (nSPS) is 10.6. The molecule has 0 atom stereocenters. The zero-order chi connectivity index (χ0) is 19.8. The third-order valence-electron chi connectivity index (χ3n) is 4.15. The molecule has 0 fully saturated rings. The highest BCUT2D eigenvalue weighted by atomic mass is 16.1. The van der Waals surface area contributed by atoms with Gasteiger partial charge in [0.2, 0.25) is 0 Å². The lowest BCUT2D eigenvalue weighted by Gasteiger charge is -2.01. The van der Waals surface area contributed by atoms with Gasteiger partial charge >= 0.3 is 0 Å². The summed E-state index contributed by atoms with van der Waals surface area (Å²) in [4.78, 5) is 11.3. The highest BCUT2D eigenvalue weighted by Gasteiger charge is 1.98. The van der Waals surface area contributed by atoms with Crippen LogP contribution < -0.4 is 0 Å². The van der Waals surface area contributed by atoms with Crippen LogP contribution >= 0.6 is 0 Å². The van der Waals surface area contributed by atoms with Gasteiger partial charge in [0.05, 0.1) is 23.3 Å². The molecule has 0 amide bonds. The van der Waals surface area contributed by atoms with Crippen molar-refractivity contribution in [3.63, 3.8) is 0 Å². The molecule has 0 bridgehead atoms. The Balaban J connectivity index is 1.83. The van der Waals surface area contributed by atoms with Crippen molar-refractivity contribution < 1.29 is 4.79 Å². The lowest BCUT2D eigenvalue weighted by molar-refractivity contribution is 0.112. The molecule has 0 N–H and O–H groups in total. The predicted molar refractivity (Wildman–Crippen MR) is 112 cm³/mol. The van der Waals surface area contributed by atoms with Gasteiger partial charge in [-0.05, 0) is 64.7 Å². The molecule has 3 heteroatoms. The first-order valence-electron chi connectivity index (χ1n) is 8.67. The van der Waals surface area contributed by atoms with Gasteiger partial charge in [-0.1, -0.05) is 48.6 Å². The van der Waals surface area contributed by atoms with E-state index in [9.17, 15) is 4.79 Å². The highest BCUT2D eigenvalue weighted by molar-refractivity contribution is 5.82. The number of hydrogen-bond acceptors (Lipinski definition) is 3. The maximum Gasteiger partial charge on any atom is 0.150 e. The third kappa shape index (κ3) is 4.91. The van der Waals surface area contributed by atoms with Crippen molar-refractivity contribution in [2.75, 3.05) is 0 Å². The molecule has 0 radical (unpaired) electrons. The number of carbonyl (C=O) groups excluding carboxylic acids is 1. The minimum Gasteiger partial charge on any atom is -0.298 e. The van der Waals surface area contributed by atoms with Crippen LogP contribution in [-0.2, 0) is 0 Å². The van der Waals surface area contributed by atoms with Crippen LogP contribution in [0, 0.1) is 22.7 Å². The average molecular weight is 360 g/mol. The molecular weight excluding hydrogens is 344 g/mol. The van der Waals surface area contributed by atoms with Crippen molar-refractivity contribution in [1.29, 1.82) is 10.5 Å². The Bertz CT molecular complexity index is 1040. The molecule has 3 nitrogen and oxygen atoms in total. The minimum absolute atomic E-state index is 0.599. The van der Waals surface area contributed by atoms with Gasteiger partial charge in [0, 0.05) is 5.56 Å². The first-order valence-corrected chi connectivity index (χ1v) is 8.67. The second-order valence-corrected chi connectivity index (χ2v) is 6.19. The summed E-state index contributed by atoms with van der Waals surface area (Å²) >= 11 is 0. The molecule has 0 heterocycles. The molecule has 28 heavy (non-hydrogen) atoms. The van der Waals surface area contributed by atoms with E-state index in [1.54, 1.807) is 24.3 Å². The fourth-order valence-corrected chi connectivity index (χ4v) is 2.69. The van der Waals surface area contributed by atoms with Gasteiger partial charge in [0.15, 0.2) is 0 Å². The Hall–Kier alpha value is -4.21. The zero-order valence-corrected chi connectivity index (χ0v) is 15.0. The Kier molecular flexibility index (Phi) is 5.93. The van der Waals surface area contributed by atoms with Crippen molar-refractivity contribution in [3.05, 3.63) is 106 Å². The Morgan fingerprint density at radius 3 is 1.25 bits per heavy atom. The van der Waals surface area contributed by atoms with Crippen LogP contribution in [0.3, 0.4) is 0 Å². The van der Waals surface area contributed by atoms with Gasteiger partial charge in [-0.3, -0.25) is 4.79 Å². The summed E-state index contributed by atoms with van der Waals surface area (Å²) in [5.74, 6) is 0. The monoisotopic (exact) mass is 360 g/mol. The van der Waals surface area contributed by atoms with Gasteiger partial charge in [-0.15, -0.1) is 0 Å². The Labute approximate surface area is 164 Å². The van der Waals surface area contributed by atoms with E-state index in [1.165, 1.54) is 0 Å². The molecular formula is C25H16N2O. The molecule has 0 aliphatic heterocycles. The number of hydrogen-bond donors (Lipinski definition) is 0. The van der Waals surface area contributed by atoms with Crippen LogP contribution in [0.2, 0.25) is 0 Å². The molecule has 3 rings (SSSR count). The van der Waals surface area contributed by atoms with Crippen LogP contribution in [-0.4, -0.2) is 6.29 Å². The van der Waals surface area contributed by atoms with Crippen molar-refractivity contribution in [3.8, 4) is 12.1 Å². The van der Waals surface area contributed by atoms with E-state index in [4.69, 9.17) is 10.5 Å². The lowest BCUT2D eigenvalue weighted by Crippen LogP contribution is -1.85. The highest BCUT2D eigenvalue weighted by Crippen LogP contribution is 2.16. The van der Waals surface area contributed by atoms with Gasteiger partial charge in [-0.2, -0.15) is 10.5 Å². The quantitative estimate of drug-likeness (QED) is 0.440. The Morgan fingerprint density at radius 1 is 0.536 bits per heavy atom. The van der Waals surface area contributed by atoms with Crippen LogP contribution in [0.1, 0.15) is 43.7 Å². The smallest absolute Gasteiger partial charge is 0.150 e. The van der Waals surface area contributed by atoms with Gasteiger partial charge < -0.3 is 0 Å². The summed E-state index contributed by atoms with van der Waals surface area (Å²) in [7, 11) is 0. The van der Waals surface area contributed by atoms with E-state index in [0.29, 0.717) is 16.7 Å². The topological polar surface area (TPSA) is 64.7 Å². The minimum atomic E-state index is 0.599. The van der Waals surface area contributed by atoms with Crippen molar-refractivity contribution in [2.24, 2.45) is 0 Å². The molecule has 0 aliphatic rings. The molecule has 132 valence electrons. The third-order valence-corrected chi connectivity index (χ3v) is 4.15. The second kappa shape index (κ2) is 8.94. The fourth-order valence-electron chi connectivity index (χ4n) is 2.69. The summed E-state index contributed by atoms with van der Waals surface area (Å²) < 4.78 is 0. The maximum absolute atomic E-state index is 11.3. The number of carbonyl (C=O) groups is 1. The lowest BCUT2D eigenvalue weighted by atomic mass is 10.0. The number of rotatable bonds is 5. The zero-order valence-electron chi connectivity index (χ0n) is 15.0. The van der Waals surface area contributed by atoms with Gasteiger partial charge in [0.1, 0.15) is 6.29 Å². The number of nitrogens with zero attached hydrogens (tertiary/aromatic N) is 2. The van der Waals surface area contributed by atoms with Gasteiger partial charge in [0.25, 0.3) is 0 Å². The Morgan fingerprint density at radius 2 is 0.893 bits per heavy atom. The van der Waals surface area contributed by atoms with E-state index in [0.717, 1.165) is 28.5 Å². The van der Waals surface area contributed by atoms with E-state index in [1.807, 2.05) is 66.8 Å². The van der Waals surface area contributed by atoms with E-state index in [2.05, 4.69) is 12.1 Å². The van der Waals surface area contributed by atoms with E-state index >= 15 is 0 Å². The largest absolute Gasteiger partial charge is 0.298 e. The predicted octanol–water partition coefficient (Wildman–Crippen LogP) is 5.58. The molecule has 0 saturated carbocycles. The van der Waals surface area contributed by atoms with Crippen LogP contribution in [0.4, 0.5) is 0 Å². The first kappa shape index (κ1) is 18.6. The van der Waals surface area contributed by atoms with E-state index < -0.39 is 0 Å². The van der Waals surface area contributed by atoms with Crippen molar-refractivity contribution in [1.82, 2.24) is 0 Å². The van der Waals surface area contributed by atoms with Gasteiger partial charge in [-0.25, -0.2) is 0 Å². The molecule has 0 aromatic heterocycles. The number of aldehydes is 1. The van der Waals surface area contributed by atoms with E-state index in [-0.39, 0.29) is 0 Å². The molecule has 0 saturated heterocycles. The molecule has 0 unspecified atom stereocenters. The summed E-state index contributed by atoms with van der Waals surface area (Å²) in [6, 6.07) is 24.4. The van der Waals surface area contributed by atoms with Crippen molar-refractivity contribution >= 4 is 30.6 Å². The molecule has 0 aliphatic carbocycles. The summed E-state index contributed by atoms with van der Waals surface area (Å²) in [6.07, 6.45) is 8.59. The molecule has 3 aromatic rings. The van der Waals surface area contributed by atoms with Crippen molar-refractivity contribution in [2.45, 2.75) is 0 Å². The average Bonchev–Trinajstić information content (AvgIpc) is 2.76. The fraction of sp³-hybridized carbons (Fsp3) is 0. The van der Waals surface area contributed by atoms with Crippen LogP contribution in [0.25, 0.3) is 24.3 Å². The standard InChI is InChI=1S/C25H16N2O/c26-16-21-7-1-19(2-8-21)5-11-23-13-24(15-25(14-23)18-28)12-6-20-3-9-22(17-27)10-4-20/h1-15,18H/b11-5+,12-6+. The SMILES string of the molecule is N#Cc1ccc(/C=C/c2cc(C=O)cc(/C=C/c3ccc(C#N)cc3)c2)cc1. The first-order chi connectivity index (χ1) is 13.7. The van der Waals surface area contributed by atoms with Crippen LogP contribution in [0.5, 0.6) is 0 Å². The number of benzene rings is 3. The second-order valence-electron chi connectivity index (χ2n) is 6.19.